The molecule has 0 aromatic rings. The van der Waals surface area contributed by atoms with Crippen LogP contribution in [0.1, 0.15) is 0 Å². The summed E-state index contributed by atoms with van der Waals surface area (Å²) in [5.74, 6) is -4.91. The quantitative estimate of drug-likeness (QED) is 0.228. The summed E-state index contributed by atoms with van der Waals surface area (Å²) in [4.78, 5) is 44.4. The number of hydrogen-bond acceptors (Lipinski definition) is 6. The number of aliphatic carboxylic acids is 4. The first-order chi connectivity index (χ1) is 9.20. The molecule has 148 valence electrons. The van der Waals surface area contributed by atoms with Gasteiger partial charge in [0.1, 0.15) is 0 Å². The van der Waals surface area contributed by atoms with Crippen molar-refractivity contribution in [3.05, 3.63) is 0 Å². The van der Waals surface area contributed by atoms with Gasteiger partial charge in [0.15, 0.2) is 0 Å². The Kier molecular flexibility index (Phi) is 33.4. The number of carboxylic acid groups (broad SMARTS) is 4. The van der Waals surface area contributed by atoms with Crippen LogP contribution >= 0.6 is 0 Å². The molecule has 13 nitrogen and oxygen atoms in total. The van der Waals surface area contributed by atoms with Gasteiger partial charge in [0.25, 0.3) is 0 Å². The molecule has 15 heteroatoms. The van der Waals surface area contributed by atoms with E-state index in [1.165, 1.54) is 0 Å². The van der Waals surface area contributed by atoms with E-state index in [1.54, 1.807) is 0 Å². The Labute approximate surface area is 175 Å². The van der Waals surface area contributed by atoms with E-state index >= 15 is 0 Å². The molecular formula is C10H23FeN2NaO11. The molecule has 0 atom stereocenters. The van der Waals surface area contributed by atoms with Crippen molar-refractivity contribution in [3.8, 4) is 0 Å². The van der Waals surface area contributed by atoms with Crippen LogP contribution in [-0.2, 0) is 36.2 Å². The Hall–Kier alpha value is -0.801. The van der Waals surface area contributed by atoms with Crippen LogP contribution in [0.4, 0.5) is 0 Å². The molecule has 0 rings (SSSR count). The summed E-state index contributed by atoms with van der Waals surface area (Å²) in [6, 6.07) is 0. The van der Waals surface area contributed by atoms with Gasteiger partial charge >= 0.3 is 53.4 Å². The molecule has 25 heavy (non-hydrogen) atoms. The van der Waals surface area contributed by atoms with E-state index in [1.807, 2.05) is 0 Å². The van der Waals surface area contributed by atoms with Crippen molar-refractivity contribution in [2.24, 2.45) is 0 Å². The maximum atomic E-state index is 10.6. The van der Waals surface area contributed by atoms with Crippen LogP contribution in [0.15, 0.2) is 0 Å². The first-order valence-electron chi connectivity index (χ1n) is 5.52. The first-order valence-corrected chi connectivity index (χ1v) is 5.52. The number of carboxylic acids is 4. The normalized spacial score (nSPS) is 8.56. The molecule has 0 radical (unpaired) electrons. The van der Waals surface area contributed by atoms with Gasteiger partial charge < -0.3 is 36.9 Å². The van der Waals surface area contributed by atoms with Gasteiger partial charge in [-0.2, -0.15) is 0 Å². The molecule has 0 saturated carbocycles. The van der Waals surface area contributed by atoms with Gasteiger partial charge in [0.05, 0.1) is 26.2 Å². The minimum atomic E-state index is -1.23. The molecule has 0 aliphatic rings. The molecule has 0 spiro atoms. The monoisotopic (exact) mass is 426 g/mol. The third-order valence-electron chi connectivity index (χ3n) is 2.17. The number of carbonyl (C=O) groups is 4. The van der Waals surface area contributed by atoms with Gasteiger partial charge in [0, 0.05) is 30.2 Å². The second kappa shape index (κ2) is 21.2. The van der Waals surface area contributed by atoms with Gasteiger partial charge in [-0.15, -0.1) is 0 Å². The second-order valence-electron chi connectivity index (χ2n) is 4.00. The van der Waals surface area contributed by atoms with Gasteiger partial charge in [-0.3, -0.25) is 29.0 Å². The number of nitrogens with zero attached hydrogens (tertiary/aromatic N) is 2. The van der Waals surface area contributed by atoms with Crippen molar-refractivity contribution >= 4 is 53.4 Å². The summed E-state index contributed by atoms with van der Waals surface area (Å²) in [7, 11) is 0. The summed E-state index contributed by atoms with van der Waals surface area (Å²) in [6.07, 6.45) is 0. The molecule has 0 aliphatic heterocycles. The van der Waals surface area contributed by atoms with E-state index in [-0.39, 0.29) is 76.1 Å². The third-order valence-corrected chi connectivity index (χ3v) is 2.17. The fourth-order valence-electron chi connectivity index (χ4n) is 1.48. The molecule has 0 fully saturated rings. The van der Waals surface area contributed by atoms with E-state index in [4.69, 9.17) is 20.4 Å². The van der Waals surface area contributed by atoms with Crippen molar-refractivity contribution in [1.82, 2.24) is 9.80 Å². The van der Waals surface area contributed by atoms with Crippen LogP contribution in [0.3, 0.4) is 0 Å². The molecule has 0 amide bonds. The van der Waals surface area contributed by atoms with E-state index < -0.39 is 50.1 Å². The summed E-state index contributed by atoms with van der Waals surface area (Å²) >= 11 is 0. The van der Waals surface area contributed by atoms with Crippen LogP contribution in [0.25, 0.3) is 0 Å². The Morgan fingerprint density at radius 1 is 0.560 bits per heavy atom. The zero-order valence-corrected chi connectivity index (χ0v) is 13.5. The van der Waals surface area contributed by atoms with Crippen molar-refractivity contribution in [1.29, 1.82) is 0 Å². The van der Waals surface area contributed by atoms with Crippen molar-refractivity contribution in [3.63, 3.8) is 0 Å². The molecular weight excluding hydrogens is 403 g/mol. The van der Waals surface area contributed by atoms with Gasteiger partial charge in [-0.05, 0) is 0 Å². The minimum absolute atomic E-state index is 0. The second-order valence-corrected chi connectivity index (χ2v) is 4.00. The van der Waals surface area contributed by atoms with Crippen LogP contribution < -0.4 is 0 Å². The Morgan fingerprint density at radius 3 is 0.840 bits per heavy atom. The predicted octanol–water partition coefficient (Wildman–Crippen LogP) is -5.20. The molecule has 10 N–H and O–H groups in total. The summed E-state index contributed by atoms with van der Waals surface area (Å²) in [6.45, 7) is -2.25. The fourth-order valence-corrected chi connectivity index (χ4v) is 1.48. The molecule has 0 unspecified atom stereocenters. The van der Waals surface area contributed by atoms with Crippen LogP contribution in [0.5, 0.6) is 0 Å². The summed E-state index contributed by atoms with van der Waals surface area (Å²) < 4.78 is 0. The molecule has 0 aliphatic carbocycles. The molecule has 0 aromatic heterocycles. The SMILES string of the molecule is O.O.O.O=C(O)CN(CCN(CC(=O)O)CC(=O)O)CC(=O)O.[Fe].[NaH]. The molecule has 0 bridgehead atoms. The standard InChI is InChI=1S/C10H16N2O8.Fe.Na.3H2O.H/c13-7(14)3-11(4-8(15)16)1-2-12(5-9(17)18)6-10(19)20;;;;;;/h1-6H2,(H,13,14)(H,15,16)(H,17,18)(H,19,20);;;3*1H2;. The maximum absolute atomic E-state index is 10.6. The van der Waals surface area contributed by atoms with Gasteiger partial charge in [-0.1, -0.05) is 0 Å². The van der Waals surface area contributed by atoms with E-state index in [9.17, 15) is 19.2 Å². The summed E-state index contributed by atoms with van der Waals surface area (Å²) in [5, 5.41) is 34.5. The average Bonchev–Trinajstić information content (AvgIpc) is 2.22. The van der Waals surface area contributed by atoms with E-state index in [2.05, 4.69) is 0 Å². The van der Waals surface area contributed by atoms with Crippen molar-refractivity contribution in [2.45, 2.75) is 0 Å². The third kappa shape index (κ3) is 25.6. The van der Waals surface area contributed by atoms with Crippen LogP contribution in [0.2, 0.25) is 0 Å². The van der Waals surface area contributed by atoms with Gasteiger partial charge in [-0.25, -0.2) is 0 Å². The zero-order valence-electron chi connectivity index (χ0n) is 12.4. The van der Waals surface area contributed by atoms with E-state index in [0.29, 0.717) is 0 Å². The van der Waals surface area contributed by atoms with Crippen LogP contribution in [-0.4, -0.2) is 139 Å². The fraction of sp³-hybridized carbons (Fsp3) is 0.600. The Bertz CT molecular complexity index is 331. The molecule has 0 aromatic carbocycles. The Balaban J connectivity index is -0.000000180. The number of rotatable bonds is 11. The van der Waals surface area contributed by atoms with Crippen molar-refractivity contribution in [2.75, 3.05) is 39.3 Å². The molecule has 0 heterocycles. The first kappa shape index (κ1) is 39.3. The topological polar surface area (TPSA) is 250 Å². The van der Waals surface area contributed by atoms with Gasteiger partial charge in [0.2, 0.25) is 0 Å². The van der Waals surface area contributed by atoms with Crippen molar-refractivity contribution < 1.29 is 73.1 Å². The zero-order chi connectivity index (χ0) is 15.7. The van der Waals surface area contributed by atoms with Crippen LogP contribution in [0, 0.1) is 0 Å². The number of hydrogen-bond donors (Lipinski definition) is 4. The molecule has 0 saturated heterocycles. The summed E-state index contributed by atoms with van der Waals surface area (Å²) in [5.41, 5.74) is 0. The van der Waals surface area contributed by atoms with E-state index in [0.717, 1.165) is 9.80 Å². The average molecular weight is 426 g/mol. The predicted molar refractivity (Wildman–Crippen MR) is 81.4 cm³/mol. The Morgan fingerprint density at radius 2 is 0.720 bits per heavy atom.